The highest BCUT2D eigenvalue weighted by atomic mass is 16.4. The van der Waals surface area contributed by atoms with Gasteiger partial charge in [0.15, 0.2) is 0 Å². The van der Waals surface area contributed by atoms with Crippen molar-refractivity contribution in [2.24, 2.45) is 0 Å². The number of aromatic carboxylic acids is 1. The van der Waals surface area contributed by atoms with E-state index in [-0.39, 0.29) is 30.0 Å². The lowest BCUT2D eigenvalue weighted by molar-refractivity contribution is -0.137. The van der Waals surface area contributed by atoms with Crippen molar-refractivity contribution in [3.63, 3.8) is 0 Å². The smallest absolute Gasteiger partial charge is 0.338 e. The van der Waals surface area contributed by atoms with Crippen molar-refractivity contribution < 1.29 is 24.6 Å². The van der Waals surface area contributed by atoms with Crippen LogP contribution in [0.25, 0.3) is 0 Å². The van der Waals surface area contributed by atoms with E-state index in [0.717, 1.165) is 5.56 Å². The van der Waals surface area contributed by atoms with Crippen LogP contribution < -0.4 is 5.32 Å². The second-order valence-electron chi connectivity index (χ2n) is 4.96. The third kappa shape index (κ3) is 5.25. The molecular weight excluding hydrogens is 274 g/mol. The summed E-state index contributed by atoms with van der Waals surface area (Å²) in [5, 5.41) is 20.3. The summed E-state index contributed by atoms with van der Waals surface area (Å²) in [6.45, 7) is 3.50. The van der Waals surface area contributed by atoms with Crippen LogP contribution >= 0.6 is 0 Å². The van der Waals surface area contributed by atoms with E-state index < -0.39 is 11.9 Å². The van der Waals surface area contributed by atoms with Crippen molar-refractivity contribution in [3.8, 4) is 0 Å². The van der Waals surface area contributed by atoms with E-state index in [1.54, 1.807) is 19.1 Å². The summed E-state index contributed by atoms with van der Waals surface area (Å²) < 4.78 is 0. The monoisotopic (exact) mass is 293 g/mol. The molecule has 1 amide bonds. The SMILES string of the molecule is Cc1cc(C)c(C(=O)O)c(NC(=O)CCCCC(=O)O)c1. The van der Waals surface area contributed by atoms with Crippen LogP contribution in [-0.4, -0.2) is 28.1 Å². The minimum absolute atomic E-state index is 0.0250. The summed E-state index contributed by atoms with van der Waals surface area (Å²) >= 11 is 0. The predicted octanol–water partition coefficient (Wildman–Crippen LogP) is 2.59. The number of anilines is 1. The summed E-state index contributed by atoms with van der Waals surface area (Å²) in [5.74, 6) is -2.29. The van der Waals surface area contributed by atoms with Gasteiger partial charge in [0.1, 0.15) is 0 Å². The van der Waals surface area contributed by atoms with E-state index in [9.17, 15) is 19.5 Å². The molecule has 0 saturated heterocycles. The third-order valence-corrected chi connectivity index (χ3v) is 3.01. The van der Waals surface area contributed by atoms with Gasteiger partial charge in [0.2, 0.25) is 5.91 Å². The summed E-state index contributed by atoms with van der Waals surface area (Å²) in [4.78, 5) is 33.4. The summed E-state index contributed by atoms with van der Waals surface area (Å²) in [5.41, 5.74) is 1.81. The minimum atomic E-state index is -1.09. The van der Waals surface area contributed by atoms with E-state index in [4.69, 9.17) is 5.11 Å². The van der Waals surface area contributed by atoms with Crippen molar-refractivity contribution in [2.45, 2.75) is 39.5 Å². The molecule has 1 aromatic rings. The van der Waals surface area contributed by atoms with Gasteiger partial charge in [-0.05, 0) is 43.9 Å². The molecule has 1 aromatic carbocycles. The molecule has 0 aliphatic heterocycles. The number of aliphatic carboxylic acids is 1. The van der Waals surface area contributed by atoms with Gasteiger partial charge in [0.05, 0.1) is 11.3 Å². The van der Waals surface area contributed by atoms with Gasteiger partial charge in [-0.2, -0.15) is 0 Å². The van der Waals surface area contributed by atoms with Crippen LogP contribution in [-0.2, 0) is 9.59 Å². The number of rotatable bonds is 7. The van der Waals surface area contributed by atoms with Gasteiger partial charge >= 0.3 is 11.9 Å². The first-order chi connectivity index (χ1) is 9.81. The fraction of sp³-hybridized carbons (Fsp3) is 0.400. The number of benzene rings is 1. The number of hydrogen-bond acceptors (Lipinski definition) is 3. The number of amides is 1. The van der Waals surface area contributed by atoms with Crippen LogP contribution in [0.15, 0.2) is 12.1 Å². The summed E-state index contributed by atoms with van der Waals surface area (Å²) in [6.07, 6.45) is 1.06. The topological polar surface area (TPSA) is 104 Å². The van der Waals surface area contributed by atoms with E-state index in [1.807, 2.05) is 6.92 Å². The largest absolute Gasteiger partial charge is 0.481 e. The van der Waals surface area contributed by atoms with Crippen LogP contribution in [0.5, 0.6) is 0 Å². The zero-order chi connectivity index (χ0) is 16.0. The van der Waals surface area contributed by atoms with Crippen molar-refractivity contribution in [2.75, 3.05) is 5.32 Å². The van der Waals surface area contributed by atoms with Crippen LogP contribution in [0.3, 0.4) is 0 Å². The summed E-state index contributed by atoms with van der Waals surface area (Å²) in [7, 11) is 0. The number of hydrogen-bond donors (Lipinski definition) is 3. The highest BCUT2D eigenvalue weighted by molar-refractivity contribution is 6.01. The van der Waals surface area contributed by atoms with E-state index in [0.29, 0.717) is 18.4 Å². The Kier molecular flexibility index (Phi) is 5.90. The fourth-order valence-corrected chi connectivity index (χ4v) is 2.12. The van der Waals surface area contributed by atoms with Gasteiger partial charge in [-0.25, -0.2) is 4.79 Å². The maximum Gasteiger partial charge on any atom is 0.338 e. The molecule has 21 heavy (non-hydrogen) atoms. The lowest BCUT2D eigenvalue weighted by Gasteiger charge is -2.12. The maximum atomic E-state index is 11.8. The fourth-order valence-electron chi connectivity index (χ4n) is 2.12. The lowest BCUT2D eigenvalue weighted by atomic mass is 10.0. The van der Waals surface area contributed by atoms with Crippen LogP contribution in [0.2, 0.25) is 0 Å². The first-order valence-electron chi connectivity index (χ1n) is 6.67. The molecule has 0 radical (unpaired) electrons. The average Bonchev–Trinajstić information content (AvgIpc) is 2.32. The molecule has 0 aromatic heterocycles. The van der Waals surface area contributed by atoms with E-state index >= 15 is 0 Å². The number of carbonyl (C=O) groups excluding carboxylic acids is 1. The molecule has 3 N–H and O–H groups in total. The van der Waals surface area contributed by atoms with Crippen LogP contribution in [0, 0.1) is 13.8 Å². The van der Waals surface area contributed by atoms with Gasteiger partial charge in [-0.15, -0.1) is 0 Å². The van der Waals surface area contributed by atoms with Crippen LogP contribution in [0.4, 0.5) is 5.69 Å². The molecule has 0 aliphatic rings. The average molecular weight is 293 g/mol. The Morgan fingerprint density at radius 2 is 1.67 bits per heavy atom. The number of carboxylic acids is 2. The Bertz CT molecular complexity index is 565. The van der Waals surface area contributed by atoms with Crippen molar-refractivity contribution >= 4 is 23.5 Å². The molecule has 0 fully saturated rings. The lowest BCUT2D eigenvalue weighted by Crippen LogP contribution is -2.15. The van der Waals surface area contributed by atoms with E-state index in [1.165, 1.54) is 0 Å². The number of carboxylic acid groups (broad SMARTS) is 2. The van der Waals surface area contributed by atoms with Gasteiger partial charge in [-0.3, -0.25) is 9.59 Å². The number of nitrogens with one attached hydrogen (secondary N) is 1. The second kappa shape index (κ2) is 7.42. The predicted molar refractivity (Wildman–Crippen MR) is 77.6 cm³/mol. The number of aryl methyl sites for hydroxylation is 2. The number of unbranched alkanes of at least 4 members (excludes halogenated alkanes) is 1. The quantitative estimate of drug-likeness (QED) is 0.670. The minimum Gasteiger partial charge on any atom is -0.481 e. The Morgan fingerprint density at radius 1 is 1.05 bits per heavy atom. The van der Waals surface area contributed by atoms with Crippen LogP contribution in [0.1, 0.15) is 47.2 Å². The zero-order valence-electron chi connectivity index (χ0n) is 12.1. The normalized spacial score (nSPS) is 10.2. The molecule has 1 rings (SSSR count). The Labute approximate surface area is 122 Å². The Balaban J connectivity index is 2.71. The first-order valence-corrected chi connectivity index (χ1v) is 6.67. The third-order valence-electron chi connectivity index (χ3n) is 3.01. The highest BCUT2D eigenvalue weighted by Crippen LogP contribution is 2.22. The maximum absolute atomic E-state index is 11.8. The first kappa shape index (κ1) is 16.7. The molecular formula is C15H19NO5. The number of carbonyl (C=O) groups is 3. The molecule has 0 unspecified atom stereocenters. The van der Waals surface area contributed by atoms with Gasteiger partial charge in [0, 0.05) is 12.8 Å². The molecule has 0 heterocycles. The van der Waals surface area contributed by atoms with Crippen molar-refractivity contribution in [1.29, 1.82) is 0 Å². The summed E-state index contributed by atoms with van der Waals surface area (Å²) in [6, 6.07) is 3.36. The van der Waals surface area contributed by atoms with E-state index in [2.05, 4.69) is 5.32 Å². The molecule has 0 saturated carbocycles. The zero-order valence-corrected chi connectivity index (χ0v) is 12.1. The second-order valence-corrected chi connectivity index (χ2v) is 4.96. The molecule has 6 heteroatoms. The standard InChI is InChI=1S/C15H19NO5/c1-9-7-10(2)14(15(20)21)11(8-9)16-12(17)5-3-4-6-13(18)19/h7-8H,3-6H2,1-2H3,(H,16,17)(H,18,19)(H,20,21). The molecule has 6 nitrogen and oxygen atoms in total. The molecule has 0 bridgehead atoms. The molecule has 0 spiro atoms. The Morgan fingerprint density at radius 3 is 2.24 bits per heavy atom. The molecule has 0 aliphatic carbocycles. The van der Waals surface area contributed by atoms with Gasteiger partial charge in [-0.1, -0.05) is 6.07 Å². The molecule has 0 atom stereocenters. The molecule has 114 valence electrons. The van der Waals surface area contributed by atoms with Gasteiger partial charge < -0.3 is 15.5 Å². The van der Waals surface area contributed by atoms with Crippen molar-refractivity contribution in [3.05, 3.63) is 28.8 Å². The Hall–Kier alpha value is -2.37. The highest BCUT2D eigenvalue weighted by Gasteiger charge is 2.15. The van der Waals surface area contributed by atoms with Gasteiger partial charge in [0.25, 0.3) is 0 Å². The van der Waals surface area contributed by atoms with Crippen molar-refractivity contribution in [1.82, 2.24) is 0 Å².